The molecule has 0 saturated carbocycles. The first kappa shape index (κ1) is 17.8. The molecule has 2 aromatic carbocycles. The molecule has 1 aliphatic carbocycles. The maximum Gasteiger partial charge on any atom is 0.209 e. The standard InChI is InChI=1S/C23H23N3O3/c1-3-29-19-12-11-14(13-20(19)28-2)22-21-16(8-6-10-18(21)27)25-23-24-15-7-4-5-9-17(15)26(22)23/h4-5,7,9,11-13,22H,3,6,8,10H2,1-2H3,(H,24,25)/t22-/m1/s1. The molecule has 1 atom stereocenters. The zero-order valence-corrected chi connectivity index (χ0v) is 16.6. The van der Waals surface area contributed by atoms with Gasteiger partial charge in [0.1, 0.15) is 0 Å². The molecule has 1 aromatic heterocycles. The van der Waals surface area contributed by atoms with Crippen LogP contribution in [0.4, 0.5) is 5.95 Å². The first-order valence-corrected chi connectivity index (χ1v) is 10.0. The number of rotatable bonds is 4. The second kappa shape index (κ2) is 6.95. The lowest BCUT2D eigenvalue weighted by Gasteiger charge is -2.34. The van der Waals surface area contributed by atoms with Crippen molar-refractivity contribution in [2.75, 3.05) is 19.0 Å². The van der Waals surface area contributed by atoms with E-state index in [4.69, 9.17) is 14.5 Å². The van der Waals surface area contributed by atoms with Gasteiger partial charge in [-0.25, -0.2) is 4.98 Å². The van der Waals surface area contributed by atoms with Crippen LogP contribution in [0.5, 0.6) is 11.5 Å². The maximum atomic E-state index is 13.0. The number of para-hydroxylation sites is 2. The van der Waals surface area contributed by atoms with E-state index in [1.807, 2.05) is 49.4 Å². The average molecular weight is 389 g/mol. The van der Waals surface area contributed by atoms with Crippen molar-refractivity contribution in [1.29, 1.82) is 0 Å². The second-order valence-corrected chi connectivity index (χ2v) is 7.33. The Bertz CT molecular complexity index is 1150. The summed E-state index contributed by atoms with van der Waals surface area (Å²) in [6.45, 7) is 2.51. The summed E-state index contributed by atoms with van der Waals surface area (Å²) in [5.74, 6) is 2.34. The van der Waals surface area contributed by atoms with Crippen LogP contribution in [0.1, 0.15) is 37.8 Å². The van der Waals surface area contributed by atoms with Gasteiger partial charge >= 0.3 is 0 Å². The van der Waals surface area contributed by atoms with E-state index in [0.717, 1.165) is 46.7 Å². The van der Waals surface area contributed by atoms with Gasteiger partial charge in [0.2, 0.25) is 5.95 Å². The molecule has 3 aromatic rings. The van der Waals surface area contributed by atoms with Gasteiger partial charge in [0.25, 0.3) is 0 Å². The number of nitrogens with one attached hydrogen (secondary N) is 1. The Hall–Kier alpha value is -3.28. The van der Waals surface area contributed by atoms with E-state index in [2.05, 4.69) is 9.88 Å². The van der Waals surface area contributed by atoms with Crippen molar-refractivity contribution in [3.63, 3.8) is 0 Å². The fourth-order valence-electron chi connectivity index (χ4n) is 4.41. The van der Waals surface area contributed by atoms with Gasteiger partial charge in [0.05, 0.1) is 30.8 Å². The number of hydrogen-bond acceptors (Lipinski definition) is 5. The number of carbonyl (C=O) groups excluding carboxylic acids is 1. The number of allylic oxidation sites excluding steroid dienone is 2. The summed E-state index contributed by atoms with van der Waals surface area (Å²) in [5.41, 5.74) is 4.71. The summed E-state index contributed by atoms with van der Waals surface area (Å²) in [4.78, 5) is 17.8. The third-order valence-electron chi connectivity index (χ3n) is 5.65. The quantitative estimate of drug-likeness (QED) is 0.713. The summed E-state index contributed by atoms with van der Waals surface area (Å²) < 4.78 is 13.4. The minimum Gasteiger partial charge on any atom is -0.493 e. The summed E-state index contributed by atoms with van der Waals surface area (Å²) in [7, 11) is 1.64. The largest absolute Gasteiger partial charge is 0.493 e. The summed E-state index contributed by atoms with van der Waals surface area (Å²) in [5, 5.41) is 3.43. The molecule has 29 heavy (non-hydrogen) atoms. The number of Topliss-reactive ketones (excluding diaryl/α,β-unsaturated/α-hetero) is 1. The molecule has 0 amide bonds. The lowest BCUT2D eigenvalue weighted by Crippen LogP contribution is -2.30. The van der Waals surface area contributed by atoms with E-state index >= 15 is 0 Å². The molecule has 0 radical (unpaired) electrons. The molecule has 2 heterocycles. The monoisotopic (exact) mass is 389 g/mol. The van der Waals surface area contributed by atoms with Crippen molar-refractivity contribution in [3.8, 4) is 11.5 Å². The molecule has 0 bridgehead atoms. The van der Waals surface area contributed by atoms with Gasteiger partial charge < -0.3 is 14.8 Å². The average Bonchev–Trinajstić information content (AvgIpc) is 3.11. The third-order valence-corrected chi connectivity index (χ3v) is 5.65. The van der Waals surface area contributed by atoms with Crippen molar-refractivity contribution in [2.45, 2.75) is 32.2 Å². The van der Waals surface area contributed by atoms with Crippen LogP contribution in [0.15, 0.2) is 53.7 Å². The number of ether oxygens (including phenoxy) is 2. The topological polar surface area (TPSA) is 65.4 Å². The van der Waals surface area contributed by atoms with E-state index in [-0.39, 0.29) is 11.8 Å². The Balaban J connectivity index is 1.75. The second-order valence-electron chi connectivity index (χ2n) is 7.33. The fraction of sp³-hybridized carbons (Fsp3) is 0.304. The first-order valence-electron chi connectivity index (χ1n) is 10.0. The molecule has 2 aliphatic rings. The van der Waals surface area contributed by atoms with E-state index in [1.54, 1.807) is 7.11 Å². The SMILES string of the molecule is CCOc1ccc([C@@H]2C3=C(CCCC3=O)Nc3nc4ccccc4n32)cc1OC. The van der Waals surface area contributed by atoms with Crippen LogP contribution in [0.25, 0.3) is 11.0 Å². The Morgan fingerprint density at radius 1 is 1.17 bits per heavy atom. The molecule has 0 unspecified atom stereocenters. The van der Waals surface area contributed by atoms with Crippen LogP contribution in [0.2, 0.25) is 0 Å². The predicted octanol–water partition coefficient (Wildman–Crippen LogP) is 4.47. The number of carbonyl (C=O) groups is 1. The summed E-state index contributed by atoms with van der Waals surface area (Å²) in [6, 6.07) is 13.7. The van der Waals surface area contributed by atoms with Crippen molar-refractivity contribution in [3.05, 3.63) is 59.3 Å². The van der Waals surface area contributed by atoms with Gasteiger partial charge in [-0.05, 0) is 49.6 Å². The van der Waals surface area contributed by atoms with Crippen LogP contribution in [-0.2, 0) is 4.79 Å². The van der Waals surface area contributed by atoms with Gasteiger partial charge in [-0.3, -0.25) is 9.36 Å². The Morgan fingerprint density at radius 3 is 2.86 bits per heavy atom. The molecule has 1 aliphatic heterocycles. The van der Waals surface area contributed by atoms with Gasteiger partial charge in [0, 0.05) is 17.7 Å². The number of benzene rings is 2. The predicted molar refractivity (Wildman–Crippen MR) is 112 cm³/mol. The number of fused-ring (bicyclic) bond motifs is 3. The Kier molecular flexibility index (Phi) is 4.27. The van der Waals surface area contributed by atoms with Crippen LogP contribution in [0, 0.1) is 0 Å². The Morgan fingerprint density at radius 2 is 2.03 bits per heavy atom. The van der Waals surface area contributed by atoms with E-state index < -0.39 is 0 Å². The number of hydrogen-bond donors (Lipinski definition) is 1. The van der Waals surface area contributed by atoms with Crippen LogP contribution < -0.4 is 14.8 Å². The minimum absolute atomic E-state index is 0.194. The highest BCUT2D eigenvalue weighted by molar-refractivity contribution is 6.00. The number of methoxy groups -OCH3 is 1. The Labute approximate surface area is 169 Å². The van der Waals surface area contributed by atoms with Crippen LogP contribution in [-0.4, -0.2) is 29.1 Å². The fourth-order valence-corrected chi connectivity index (χ4v) is 4.41. The molecule has 0 spiro atoms. The van der Waals surface area contributed by atoms with Crippen LogP contribution in [0.3, 0.4) is 0 Å². The van der Waals surface area contributed by atoms with Gasteiger partial charge in [-0.1, -0.05) is 18.2 Å². The normalized spacial score (nSPS) is 18.3. The highest BCUT2D eigenvalue weighted by Crippen LogP contribution is 2.44. The van der Waals surface area contributed by atoms with Crippen molar-refractivity contribution < 1.29 is 14.3 Å². The van der Waals surface area contributed by atoms with Gasteiger partial charge in [0.15, 0.2) is 17.3 Å². The summed E-state index contributed by atoms with van der Waals surface area (Å²) in [6.07, 6.45) is 2.30. The highest BCUT2D eigenvalue weighted by Gasteiger charge is 2.36. The summed E-state index contributed by atoms with van der Waals surface area (Å²) >= 11 is 0. The molecule has 5 rings (SSSR count). The van der Waals surface area contributed by atoms with Crippen molar-refractivity contribution in [2.24, 2.45) is 0 Å². The molecule has 0 saturated heterocycles. The first-order chi connectivity index (χ1) is 14.2. The number of ketones is 1. The smallest absolute Gasteiger partial charge is 0.209 e. The van der Waals surface area contributed by atoms with Gasteiger partial charge in [-0.15, -0.1) is 0 Å². The molecule has 6 heteroatoms. The van der Waals surface area contributed by atoms with Crippen molar-refractivity contribution >= 4 is 22.8 Å². The zero-order valence-electron chi connectivity index (χ0n) is 16.6. The van der Waals surface area contributed by atoms with Crippen LogP contribution >= 0.6 is 0 Å². The maximum absolute atomic E-state index is 13.0. The molecule has 0 fully saturated rings. The van der Waals surface area contributed by atoms with Gasteiger partial charge in [-0.2, -0.15) is 0 Å². The number of nitrogens with zero attached hydrogens (tertiary/aromatic N) is 2. The number of anilines is 1. The molecule has 6 nitrogen and oxygen atoms in total. The molecule has 1 N–H and O–H groups in total. The molecule has 148 valence electrons. The van der Waals surface area contributed by atoms with Crippen molar-refractivity contribution in [1.82, 2.24) is 9.55 Å². The minimum atomic E-state index is -0.244. The number of imidazole rings is 1. The van der Waals surface area contributed by atoms with E-state index in [0.29, 0.717) is 24.5 Å². The molecular formula is C23H23N3O3. The molecular weight excluding hydrogens is 366 g/mol. The lowest BCUT2D eigenvalue weighted by atomic mass is 9.85. The zero-order chi connectivity index (χ0) is 20.0. The van der Waals surface area contributed by atoms with E-state index in [1.165, 1.54) is 0 Å². The highest BCUT2D eigenvalue weighted by atomic mass is 16.5. The van der Waals surface area contributed by atoms with E-state index in [9.17, 15) is 4.79 Å². The lowest BCUT2D eigenvalue weighted by molar-refractivity contribution is -0.116. The third kappa shape index (κ3) is 2.78. The number of aromatic nitrogens is 2.